The minimum Gasteiger partial charge on any atom is -0.508 e. The lowest BCUT2D eigenvalue weighted by Crippen LogP contribution is -2.44. The highest BCUT2D eigenvalue weighted by Crippen LogP contribution is 2.23. The molecule has 0 saturated carbocycles. The molecule has 1 heterocycles. The molecule has 2 aromatic rings. The predicted octanol–water partition coefficient (Wildman–Crippen LogP) is -0.0559. The SMILES string of the molecule is NCC(=O)N[C@@H](Cc1c[nH]c2ccc(O)cc12)C(=O)O. The lowest BCUT2D eigenvalue weighted by molar-refractivity contribution is -0.141. The summed E-state index contributed by atoms with van der Waals surface area (Å²) in [6.45, 7) is -0.265. The van der Waals surface area contributed by atoms with Gasteiger partial charge in [0, 0.05) is 23.5 Å². The molecule has 7 nitrogen and oxygen atoms in total. The van der Waals surface area contributed by atoms with E-state index in [1.807, 2.05) is 0 Å². The van der Waals surface area contributed by atoms with Gasteiger partial charge in [-0.05, 0) is 23.8 Å². The van der Waals surface area contributed by atoms with Crippen LogP contribution in [0.4, 0.5) is 0 Å². The van der Waals surface area contributed by atoms with Crippen LogP contribution < -0.4 is 11.1 Å². The molecule has 6 N–H and O–H groups in total. The Hall–Kier alpha value is -2.54. The molecular formula is C13H15N3O4. The quantitative estimate of drug-likeness (QED) is 0.523. The molecule has 0 bridgehead atoms. The number of aromatic nitrogens is 1. The number of aromatic amines is 1. The first-order valence-corrected chi connectivity index (χ1v) is 6.02. The van der Waals surface area contributed by atoms with Crippen LogP contribution in [0.25, 0.3) is 10.9 Å². The van der Waals surface area contributed by atoms with E-state index in [1.54, 1.807) is 18.3 Å². The van der Waals surface area contributed by atoms with Gasteiger partial charge in [-0.15, -0.1) is 0 Å². The Bertz CT molecular complexity index is 650. The number of carbonyl (C=O) groups excluding carboxylic acids is 1. The number of benzene rings is 1. The minimum absolute atomic E-state index is 0.0937. The maximum Gasteiger partial charge on any atom is 0.326 e. The molecule has 0 radical (unpaired) electrons. The molecule has 1 aromatic heterocycles. The van der Waals surface area contributed by atoms with E-state index in [1.165, 1.54) is 6.07 Å². The average molecular weight is 277 g/mol. The number of fused-ring (bicyclic) bond motifs is 1. The van der Waals surface area contributed by atoms with Crippen molar-refractivity contribution < 1.29 is 19.8 Å². The van der Waals surface area contributed by atoms with Crippen LogP contribution in [0.5, 0.6) is 5.75 Å². The van der Waals surface area contributed by atoms with Crippen molar-refractivity contribution in [1.82, 2.24) is 10.3 Å². The Balaban J connectivity index is 2.26. The number of aliphatic carboxylic acids is 1. The van der Waals surface area contributed by atoms with Gasteiger partial charge in [-0.1, -0.05) is 0 Å². The smallest absolute Gasteiger partial charge is 0.326 e. The van der Waals surface area contributed by atoms with Crippen molar-refractivity contribution in [2.24, 2.45) is 5.73 Å². The van der Waals surface area contributed by atoms with Gasteiger partial charge in [-0.3, -0.25) is 4.79 Å². The van der Waals surface area contributed by atoms with Gasteiger partial charge < -0.3 is 26.2 Å². The van der Waals surface area contributed by atoms with Gasteiger partial charge >= 0.3 is 5.97 Å². The zero-order valence-electron chi connectivity index (χ0n) is 10.6. The van der Waals surface area contributed by atoms with Gasteiger partial charge in [0.2, 0.25) is 5.91 Å². The van der Waals surface area contributed by atoms with Crippen LogP contribution in [0, 0.1) is 0 Å². The molecule has 1 amide bonds. The topological polar surface area (TPSA) is 128 Å². The van der Waals surface area contributed by atoms with Crippen molar-refractivity contribution in [3.8, 4) is 5.75 Å². The first-order chi connectivity index (χ1) is 9.51. The van der Waals surface area contributed by atoms with Crippen LogP contribution in [0.2, 0.25) is 0 Å². The van der Waals surface area contributed by atoms with E-state index < -0.39 is 17.9 Å². The van der Waals surface area contributed by atoms with E-state index in [-0.39, 0.29) is 18.7 Å². The Morgan fingerprint density at radius 2 is 2.15 bits per heavy atom. The number of nitrogens with one attached hydrogen (secondary N) is 2. The summed E-state index contributed by atoms with van der Waals surface area (Å²) < 4.78 is 0. The third-order valence-corrected chi connectivity index (χ3v) is 2.99. The number of nitrogens with two attached hydrogens (primary N) is 1. The normalized spacial score (nSPS) is 12.2. The summed E-state index contributed by atoms with van der Waals surface area (Å²) in [6.07, 6.45) is 1.76. The number of carbonyl (C=O) groups is 2. The van der Waals surface area contributed by atoms with Gasteiger partial charge in [0.25, 0.3) is 0 Å². The Morgan fingerprint density at radius 3 is 2.80 bits per heavy atom. The lowest BCUT2D eigenvalue weighted by atomic mass is 10.0. The second kappa shape index (κ2) is 5.62. The summed E-state index contributed by atoms with van der Waals surface area (Å²) >= 11 is 0. The van der Waals surface area contributed by atoms with Gasteiger partial charge in [0.05, 0.1) is 6.54 Å². The zero-order chi connectivity index (χ0) is 14.7. The zero-order valence-corrected chi connectivity index (χ0v) is 10.6. The van der Waals surface area contributed by atoms with Gasteiger partial charge in [0.1, 0.15) is 11.8 Å². The third kappa shape index (κ3) is 2.89. The Labute approximate surface area is 114 Å². The monoisotopic (exact) mass is 277 g/mol. The van der Waals surface area contributed by atoms with E-state index in [2.05, 4.69) is 10.3 Å². The van der Waals surface area contributed by atoms with Gasteiger partial charge in [0.15, 0.2) is 0 Å². The molecule has 2 rings (SSSR count). The number of amides is 1. The second-order valence-corrected chi connectivity index (χ2v) is 4.41. The molecule has 0 unspecified atom stereocenters. The number of phenolic OH excluding ortho intramolecular Hbond substituents is 1. The largest absolute Gasteiger partial charge is 0.508 e. The van der Waals surface area contributed by atoms with E-state index in [9.17, 15) is 14.7 Å². The number of rotatable bonds is 5. The summed E-state index contributed by atoms with van der Waals surface area (Å²) in [5.74, 6) is -1.57. The molecular weight excluding hydrogens is 262 g/mol. The molecule has 1 aromatic carbocycles. The third-order valence-electron chi connectivity index (χ3n) is 2.99. The van der Waals surface area contributed by atoms with Crippen LogP contribution in [0.1, 0.15) is 5.56 Å². The fourth-order valence-electron chi connectivity index (χ4n) is 2.01. The van der Waals surface area contributed by atoms with Crippen LogP contribution in [0.15, 0.2) is 24.4 Å². The lowest BCUT2D eigenvalue weighted by Gasteiger charge is -2.13. The molecule has 0 aliphatic heterocycles. The first-order valence-electron chi connectivity index (χ1n) is 6.02. The summed E-state index contributed by atoms with van der Waals surface area (Å²) in [6, 6.07) is 3.72. The number of carboxylic acid groups (broad SMARTS) is 1. The fourth-order valence-corrected chi connectivity index (χ4v) is 2.01. The van der Waals surface area contributed by atoms with Crippen molar-refractivity contribution in [2.75, 3.05) is 6.54 Å². The molecule has 0 fully saturated rings. The highest BCUT2D eigenvalue weighted by Gasteiger charge is 2.21. The van der Waals surface area contributed by atoms with Crippen molar-refractivity contribution in [1.29, 1.82) is 0 Å². The number of H-pyrrole nitrogens is 1. The van der Waals surface area contributed by atoms with E-state index >= 15 is 0 Å². The van der Waals surface area contributed by atoms with Crippen LogP contribution >= 0.6 is 0 Å². The summed E-state index contributed by atoms with van der Waals surface area (Å²) in [7, 11) is 0. The standard InChI is InChI=1S/C13H15N3O4/c14-5-12(18)16-11(13(19)20)3-7-6-15-10-2-1-8(17)4-9(7)10/h1-2,4,6,11,15,17H,3,5,14H2,(H,16,18)(H,19,20)/t11-/m0/s1. The molecule has 0 spiro atoms. The maximum absolute atomic E-state index is 11.2. The summed E-state index contributed by atoms with van der Waals surface area (Å²) in [5.41, 5.74) is 6.64. The van der Waals surface area contributed by atoms with Gasteiger partial charge in [-0.2, -0.15) is 0 Å². The molecule has 106 valence electrons. The van der Waals surface area contributed by atoms with Crippen LogP contribution in [0.3, 0.4) is 0 Å². The molecule has 20 heavy (non-hydrogen) atoms. The summed E-state index contributed by atoms with van der Waals surface area (Å²) in [4.78, 5) is 25.4. The van der Waals surface area contributed by atoms with Crippen molar-refractivity contribution in [2.45, 2.75) is 12.5 Å². The average Bonchev–Trinajstić information content (AvgIpc) is 2.80. The Morgan fingerprint density at radius 1 is 1.40 bits per heavy atom. The molecule has 1 atom stereocenters. The van der Waals surface area contributed by atoms with Crippen LogP contribution in [-0.4, -0.2) is 39.7 Å². The van der Waals surface area contributed by atoms with Crippen molar-refractivity contribution in [3.05, 3.63) is 30.0 Å². The van der Waals surface area contributed by atoms with E-state index in [4.69, 9.17) is 10.8 Å². The maximum atomic E-state index is 11.2. The van der Waals surface area contributed by atoms with Gasteiger partial charge in [-0.25, -0.2) is 4.79 Å². The van der Waals surface area contributed by atoms with Crippen LogP contribution in [-0.2, 0) is 16.0 Å². The Kier molecular flexibility index (Phi) is 3.90. The number of hydrogen-bond acceptors (Lipinski definition) is 4. The highest BCUT2D eigenvalue weighted by molar-refractivity contribution is 5.87. The van der Waals surface area contributed by atoms with E-state index in [0.717, 1.165) is 10.9 Å². The molecule has 7 heteroatoms. The first kappa shape index (κ1) is 13.9. The molecule has 0 aliphatic carbocycles. The fraction of sp³-hybridized carbons (Fsp3) is 0.231. The van der Waals surface area contributed by atoms with Crippen molar-refractivity contribution >= 4 is 22.8 Å². The highest BCUT2D eigenvalue weighted by atomic mass is 16.4. The summed E-state index contributed by atoms with van der Waals surface area (Å²) in [5, 5.41) is 21.7. The van der Waals surface area contributed by atoms with Crippen molar-refractivity contribution in [3.63, 3.8) is 0 Å². The number of carboxylic acids is 1. The number of phenols is 1. The number of hydrogen-bond donors (Lipinski definition) is 5. The minimum atomic E-state index is -1.14. The molecule has 0 saturated heterocycles. The molecule has 0 aliphatic rings. The predicted molar refractivity (Wildman–Crippen MR) is 72.3 cm³/mol. The van der Waals surface area contributed by atoms with E-state index in [0.29, 0.717) is 5.56 Å². The number of aromatic hydroxyl groups is 1. The second-order valence-electron chi connectivity index (χ2n) is 4.41.